The van der Waals surface area contributed by atoms with Gasteiger partial charge in [-0.2, -0.15) is 0 Å². The molecule has 0 saturated heterocycles. The third-order valence-electron chi connectivity index (χ3n) is 5.04. The molecule has 0 aliphatic rings. The molecule has 31 heavy (non-hydrogen) atoms. The van der Waals surface area contributed by atoms with Crippen LogP contribution >= 0.6 is 0 Å². The van der Waals surface area contributed by atoms with Gasteiger partial charge in [-0.1, -0.05) is 37.3 Å². The molecule has 1 heterocycles. The summed E-state index contributed by atoms with van der Waals surface area (Å²) in [5, 5.41) is 2.72. The minimum Gasteiger partial charge on any atom is -0.368 e. The van der Waals surface area contributed by atoms with E-state index in [-0.39, 0.29) is 24.3 Å². The van der Waals surface area contributed by atoms with E-state index >= 15 is 0 Å². The Morgan fingerprint density at radius 2 is 1.77 bits per heavy atom. The number of carbonyl (C=O) groups excluding carboxylic acids is 3. The number of benzene rings is 1. The molecular weight excluding hydrogens is 396 g/mol. The monoisotopic (exact) mass is 428 g/mol. The van der Waals surface area contributed by atoms with Crippen LogP contribution in [0, 0.1) is 5.92 Å². The van der Waals surface area contributed by atoms with E-state index in [4.69, 9.17) is 5.73 Å². The molecule has 0 fully saturated rings. The highest BCUT2D eigenvalue weighted by molar-refractivity contribution is 5.88. The number of likely N-dealkylation sites (N-methyl/N-ethyl adjacent to an activating group) is 2. The van der Waals surface area contributed by atoms with Gasteiger partial charge in [-0.25, -0.2) is 9.78 Å². The van der Waals surface area contributed by atoms with Gasteiger partial charge >= 0.3 is 6.03 Å². The van der Waals surface area contributed by atoms with E-state index < -0.39 is 11.9 Å². The minimum atomic E-state index is -0.943. The number of carbonyl (C=O) groups is 3. The largest absolute Gasteiger partial charge is 0.368 e. The van der Waals surface area contributed by atoms with E-state index in [1.54, 1.807) is 18.9 Å². The van der Waals surface area contributed by atoms with E-state index in [9.17, 15) is 14.4 Å². The molecule has 0 aliphatic carbocycles. The molecule has 9 heteroatoms. The van der Waals surface area contributed by atoms with Gasteiger partial charge in [0.05, 0.1) is 0 Å². The van der Waals surface area contributed by atoms with Crippen molar-refractivity contribution in [3.8, 4) is 0 Å². The Kier molecular flexibility index (Phi) is 8.75. The predicted octanol–water partition coefficient (Wildman–Crippen LogP) is 0.736. The average molecular weight is 429 g/mol. The van der Waals surface area contributed by atoms with Crippen LogP contribution in [-0.2, 0) is 22.4 Å². The van der Waals surface area contributed by atoms with Crippen LogP contribution in [0.2, 0.25) is 0 Å². The lowest BCUT2D eigenvalue weighted by molar-refractivity contribution is -0.129. The fourth-order valence-electron chi connectivity index (χ4n) is 3.08. The first kappa shape index (κ1) is 24.1. The van der Waals surface area contributed by atoms with Gasteiger partial charge < -0.3 is 20.9 Å². The normalized spacial score (nSPS) is 12.9. The maximum absolute atomic E-state index is 12.8. The molecule has 0 saturated carbocycles. The molecule has 9 nitrogen and oxygen atoms in total. The second kappa shape index (κ2) is 11.3. The number of imidazole rings is 1. The Morgan fingerprint density at radius 1 is 1.10 bits per heavy atom. The molecule has 1 aromatic heterocycles. The molecule has 2 rings (SSSR count). The highest BCUT2D eigenvalue weighted by atomic mass is 16.2. The van der Waals surface area contributed by atoms with Crippen LogP contribution in [0.4, 0.5) is 4.79 Å². The summed E-state index contributed by atoms with van der Waals surface area (Å²) in [6, 6.07) is 8.44. The van der Waals surface area contributed by atoms with E-state index in [1.165, 1.54) is 17.1 Å². The molecule has 0 spiro atoms. The van der Waals surface area contributed by atoms with E-state index in [0.29, 0.717) is 25.2 Å². The van der Waals surface area contributed by atoms with Gasteiger partial charge in [-0.15, -0.1) is 0 Å². The van der Waals surface area contributed by atoms with Crippen LogP contribution in [0.25, 0.3) is 0 Å². The number of nitrogens with zero attached hydrogens (tertiary/aromatic N) is 4. The topological polar surface area (TPSA) is 114 Å². The molecular formula is C22H32N6O3. The fourth-order valence-corrected chi connectivity index (χ4v) is 3.08. The van der Waals surface area contributed by atoms with Gasteiger partial charge in [-0.05, 0) is 26.1 Å². The quantitative estimate of drug-likeness (QED) is 0.579. The predicted molar refractivity (Wildman–Crippen MR) is 118 cm³/mol. The summed E-state index contributed by atoms with van der Waals surface area (Å²) >= 11 is 0. The van der Waals surface area contributed by atoms with Crippen molar-refractivity contribution in [3.63, 3.8) is 0 Å². The standard InChI is InChI=1S/C22H32N6O3/c1-16(12-17-8-6-5-7-9-17)21(30)25-19(20(23)29)13-18-14-24-15-28(18)22(31)27(4)11-10-26(2)3/h5-9,14-16,19H,10-13H2,1-4H3,(H2,23,29)(H,25,30)/t16?,19-/m1/s1. The lowest BCUT2D eigenvalue weighted by Crippen LogP contribution is -2.48. The van der Waals surface area contributed by atoms with Crippen molar-refractivity contribution in [2.75, 3.05) is 34.2 Å². The number of amides is 3. The smallest absolute Gasteiger partial charge is 0.329 e. The van der Waals surface area contributed by atoms with Crippen molar-refractivity contribution < 1.29 is 14.4 Å². The first-order valence-electron chi connectivity index (χ1n) is 10.2. The highest BCUT2D eigenvalue weighted by Crippen LogP contribution is 2.10. The number of hydrogen-bond donors (Lipinski definition) is 2. The molecule has 3 amide bonds. The Hall–Kier alpha value is -3.20. The minimum absolute atomic E-state index is 0.0758. The van der Waals surface area contributed by atoms with E-state index in [0.717, 1.165) is 5.56 Å². The second-order valence-corrected chi connectivity index (χ2v) is 8.02. The van der Waals surface area contributed by atoms with Crippen LogP contribution in [0.1, 0.15) is 18.2 Å². The van der Waals surface area contributed by atoms with E-state index in [2.05, 4.69) is 10.3 Å². The highest BCUT2D eigenvalue weighted by Gasteiger charge is 2.25. The lowest BCUT2D eigenvalue weighted by Gasteiger charge is -2.22. The van der Waals surface area contributed by atoms with Crippen LogP contribution in [0.3, 0.4) is 0 Å². The zero-order chi connectivity index (χ0) is 23.0. The van der Waals surface area contributed by atoms with Gasteiger partial charge in [0.15, 0.2) is 0 Å². The Bertz CT molecular complexity index is 880. The van der Waals surface area contributed by atoms with Gasteiger partial charge in [0.25, 0.3) is 0 Å². The second-order valence-electron chi connectivity index (χ2n) is 8.02. The van der Waals surface area contributed by atoms with Gasteiger partial charge in [0.2, 0.25) is 11.8 Å². The molecule has 1 aromatic carbocycles. The number of rotatable bonds is 10. The van der Waals surface area contributed by atoms with Crippen molar-refractivity contribution in [2.24, 2.45) is 11.7 Å². The number of primary amides is 1. The zero-order valence-corrected chi connectivity index (χ0v) is 18.6. The van der Waals surface area contributed by atoms with Crippen LogP contribution < -0.4 is 11.1 Å². The Balaban J connectivity index is 2.04. The molecule has 168 valence electrons. The molecule has 0 bridgehead atoms. The number of nitrogens with one attached hydrogen (secondary N) is 1. The Labute approximate surface area is 183 Å². The summed E-state index contributed by atoms with van der Waals surface area (Å²) in [6.07, 6.45) is 3.53. The SMILES string of the molecule is CC(Cc1ccccc1)C(=O)N[C@H](Cc1cncn1C(=O)N(C)CCN(C)C)C(N)=O. The Morgan fingerprint density at radius 3 is 2.39 bits per heavy atom. The molecule has 2 atom stereocenters. The summed E-state index contributed by atoms with van der Waals surface area (Å²) in [4.78, 5) is 45.0. The van der Waals surface area contributed by atoms with Gasteiger partial charge in [-0.3, -0.25) is 14.2 Å². The van der Waals surface area contributed by atoms with E-state index in [1.807, 2.05) is 49.3 Å². The molecule has 0 radical (unpaired) electrons. The zero-order valence-electron chi connectivity index (χ0n) is 18.6. The summed E-state index contributed by atoms with van der Waals surface area (Å²) < 4.78 is 1.38. The van der Waals surface area contributed by atoms with Crippen molar-refractivity contribution in [1.82, 2.24) is 24.7 Å². The molecule has 0 aliphatic heterocycles. The maximum atomic E-state index is 12.8. The number of aromatic nitrogens is 2. The van der Waals surface area contributed by atoms with Crippen molar-refractivity contribution in [3.05, 3.63) is 54.1 Å². The van der Waals surface area contributed by atoms with Crippen LogP contribution in [-0.4, -0.2) is 77.5 Å². The van der Waals surface area contributed by atoms with Crippen LogP contribution in [0.5, 0.6) is 0 Å². The fraction of sp³-hybridized carbons (Fsp3) is 0.455. The lowest BCUT2D eigenvalue weighted by atomic mass is 9.99. The van der Waals surface area contributed by atoms with Gasteiger partial charge in [0.1, 0.15) is 12.4 Å². The van der Waals surface area contributed by atoms with Crippen molar-refractivity contribution in [2.45, 2.75) is 25.8 Å². The summed E-state index contributed by atoms with van der Waals surface area (Å²) in [7, 11) is 5.56. The van der Waals surface area contributed by atoms with Gasteiger partial charge in [0, 0.05) is 44.4 Å². The van der Waals surface area contributed by atoms with Crippen LogP contribution in [0.15, 0.2) is 42.9 Å². The molecule has 1 unspecified atom stereocenters. The number of hydrogen-bond acceptors (Lipinski definition) is 5. The first-order valence-corrected chi connectivity index (χ1v) is 10.2. The maximum Gasteiger partial charge on any atom is 0.329 e. The third-order valence-corrected chi connectivity index (χ3v) is 5.04. The number of nitrogens with two attached hydrogens (primary N) is 1. The van der Waals surface area contributed by atoms with Crippen molar-refractivity contribution >= 4 is 17.8 Å². The summed E-state index contributed by atoms with van der Waals surface area (Å²) in [6.45, 7) is 3.05. The molecule has 2 aromatic rings. The first-order chi connectivity index (χ1) is 14.7. The summed E-state index contributed by atoms with van der Waals surface area (Å²) in [5.74, 6) is -1.28. The summed E-state index contributed by atoms with van der Waals surface area (Å²) in [5.41, 5.74) is 7.07. The van der Waals surface area contributed by atoms with Crippen molar-refractivity contribution in [1.29, 1.82) is 0 Å². The molecule has 3 N–H and O–H groups in total. The average Bonchev–Trinajstić information content (AvgIpc) is 3.19. The third kappa shape index (κ3) is 7.21.